The first-order chi connectivity index (χ1) is 15.2. The van der Waals surface area contributed by atoms with Crippen LogP contribution in [0.3, 0.4) is 0 Å². The van der Waals surface area contributed by atoms with Gasteiger partial charge in [-0.1, -0.05) is 36.4 Å². The van der Waals surface area contributed by atoms with Crippen LogP contribution in [0.25, 0.3) is 0 Å². The molecule has 1 saturated heterocycles. The Morgan fingerprint density at radius 1 is 1.16 bits per heavy atom. The molecule has 9 heteroatoms. The van der Waals surface area contributed by atoms with Crippen LogP contribution in [0.15, 0.2) is 53.2 Å². The van der Waals surface area contributed by atoms with E-state index in [0.29, 0.717) is 28.9 Å². The second kappa shape index (κ2) is 10.6. The maximum Gasteiger partial charge on any atom is 0.267 e. The molecule has 31 heavy (non-hydrogen) atoms. The van der Waals surface area contributed by atoms with Gasteiger partial charge in [0.15, 0.2) is 5.13 Å². The Hall–Kier alpha value is -2.59. The number of aromatic nitrogens is 1. The summed E-state index contributed by atoms with van der Waals surface area (Å²) in [5.74, 6) is -0.292. The Morgan fingerprint density at radius 3 is 2.84 bits per heavy atom. The minimum Gasteiger partial charge on any atom is -0.374 e. The molecule has 0 bridgehead atoms. The van der Waals surface area contributed by atoms with Gasteiger partial charge in [-0.2, -0.15) is 0 Å². The van der Waals surface area contributed by atoms with E-state index in [1.165, 1.54) is 28.2 Å². The van der Waals surface area contributed by atoms with E-state index in [9.17, 15) is 9.59 Å². The number of ether oxygens (including phenoxy) is 1. The summed E-state index contributed by atoms with van der Waals surface area (Å²) >= 11 is 2.69. The lowest BCUT2D eigenvalue weighted by atomic mass is 10.2. The number of benzene rings is 1. The molecule has 1 fully saturated rings. The summed E-state index contributed by atoms with van der Waals surface area (Å²) in [6.07, 6.45) is 0.142. The fourth-order valence-corrected chi connectivity index (χ4v) is 4.68. The van der Waals surface area contributed by atoms with Gasteiger partial charge in [0.2, 0.25) is 5.91 Å². The third-order valence-electron chi connectivity index (χ3n) is 4.86. The average Bonchev–Trinajstić information content (AvgIpc) is 3.46. The van der Waals surface area contributed by atoms with Gasteiger partial charge in [-0.3, -0.25) is 19.8 Å². The van der Waals surface area contributed by atoms with Crippen molar-refractivity contribution in [1.82, 2.24) is 15.2 Å². The molecule has 3 heterocycles. The number of rotatable bonds is 8. The molecule has 0 saturated carbocycles. The number of carbonyl (C=O) groups is 2. The van der Waals surface area contributed by atoms with Gasteiger partial charge in [-0.25, -0.2) is 4.98 Å². The van der Waals surface area contributed by atoms with Crippen LogP contribution in [0.1, 0.15) is 20.9 Å². The molecule has 1 aromatic carbocycles. The van der Waals surface area contributed by atoms with Gasteiger partial charge < -0.3 is 10.1 Å². The highest BCUT2D eigenvalue weighted by Crippen LogP contribution is 2.18. The van der Waals surface area contributed by atoms with Crippen molar-refractivity contribution in [3.05, 3.63) is 69.4 Å². The lowest BCUT2D eigenvalue weighted by Gasteiger charge is -2.33. The normalized spacial score (nSPS) is 16.7. The fourth-order valence-electron chi connectivity index (χ4n) is 3.36. The Labute approximate surface area is 189 Å². The van der Waals surface area contributed by atoms with E-state index >= 15 is 0 Å². The van der Waals surface area contributed by atoms with Gasteiger partial charge in [0.1, 0.15) is 0 Å². The Kier molecular flexibility index (Phi) is 7.42. The lowest BCUT2D eigenvalue weighted by molar-refractivity contribution is -0.121. The predicted molar refractivity (Wildman–Crippen MR) is 123 cm³/mol. The highest BCUT2D eigenvalue weighted by Gasteiger charge is 2.21. The number of carbonyl (C=O) groups excluding carboxylic acids is 2. The molecule has 0 aliphatic carbocycles. The summed E-state index contributed by atoms with van der Waals surface area (Å²) in [5, 5.41) is 9.85. The Balaban J connectivity index is 1.20. The van der Waals surface area contributed by atoms with Crippen molar-refractivity contribution in [2.24, 2.45) is 0 Å². The molecular weight excluding hydrogens is 432 g/mol. The number of nitrogens with zero attached hydrogens (tertiary/aromatic N) is 2. The molecule has 2 N–H and O–H groups in total. The van der Waals surface area contributed by atoms with Gasteiger partial charge in [0.25, 0.3) is 5.91 Å². The standard InChI is InChI=1S/C22H24N4O3S2/c27-20(11-17-15-31-22(24-17)25-21(28)19-7-4-10-30-19)23-12-18-14-26(8-9-29-18)13-16-5-2-1-3-6-16/h1-7,10,15,18H,8-9,11-14H2,(H,23,27)(H,24,25,28). The molecule has 4 rings (SSSR count). The number of morpholine rings is 1. The first-order valence-electron chi connectivity index (χ1n) is 10.1. The highest BCUT2D eigenvalue weighted by molar-refractivity contribution is 7.14. The number of hydrogen-bond donors (Lipinski definition) is 2. The Morgan fingerprint density at radius 2 is 2.03 bits per heavy atom. The van der Waals surface area contributed by atoms with Crippen molar-refractivity contribution >= 4 is 39.6 Å². The van der Waals surface area contributed by atoms with Crippen LogP contribution < -0.4 is 10.6 Å². The predicted octanol–water partition coefficient (Wildman–Crippen LogP) is 3.02. The molecule has 1 aliphatic heterocycles. The second-order valence-corrected chi connectivity index (χ2v) is 9.08. The lowest BCUT2D eigenvalue weighted by Crippen LogP contribution is -2.47. The zero-order valence-corrected chi connectivity index (χ0v) is 18.6. The van der Waals surface area contributed by atoms with Crippen molar-refractivity contribution in [3.8, 4) is 0 Å². The number of thiophene rings is 1. The summed E-state index contributed by atoms with van der Waals surface area (Å²) in [4.78, 5) is 31.8. The number of amides is 2. The summed E-state index contributed by atoms with van der Waals surface area (Å²) in [5.41, 5.74) is 1.91. The maximum absolute atomic E-state index is 12.3. The largest absolute Gasteiger partial charge is 0.374 e. The minimum atomic E-state index is -0.185. The van der Waals surface area contributed by atoms with E-state index < -0.39 is 0 Å². The van der Waals surface area contributed by atoms with E-state index in [1.54, 1.807) is 11.4 Å². The maximum atomic E-state index is 12.3. The molecule has 2 aromatic heterocycles. The summed E-state index contributed by atoms with van der Waals surface area (Å²) in [6, 6.07) is 13.9. The van der Waals surface area contributed by atoms with Crippen LogP contribution in [0.4, 0.5) is 5.13 Å². The van der Waals surface area contributed by atoms with Crippen LogP contribution in [0.2, 0.25) is 0 Å². The van der Waals surface area contributed by atoms with Gasteiger partial charge >= 0.3 is 0 Å². The molecular formula is C22H24N4O3S2. The van der Waals surface area contributed by atoms with Crippen LogP contribution in [-0.2, 0) is 22.5 Å². The molecule has 2 amide bonds. The third kappa shape index (κ3) is 6.44. The molecule has 1 aliphatic rings. The molecule has 3 aromatic rings. The average molecular weight is 457 g/mol. The molecule has 1 unspecified atom stereocenters. The number of nitrogens with one attached hydrogen (secondary N) is 2. The van der Waals surface area contributed by atoms with Crippen LogP contribution >= 0.6 is 22.7 Å². The van der Waals surface area contributed by atoms with Crippen LogP contribution in [-0.4, -0.2) is 54.0 Å². The van der Waals surface area contributed by atoms with Gasteiger partial charge in [0, 0.05) is 31.6 Å². The Bertz CT molecular complexity index is 991. The van der Waals surface area contributed by atoms with Crippen molar-refractivity contribution in [3.63, 3.8) is 0 Å². The highest BCUT2D eigenvalue weighted by atomic mass is 32.1. The number of anilines is 1. The summed E-state index contributed by atoms with van der Waals surface area (Å²) in [7, 11) is 0. The minimum absolute atomic E-state index is 0.0301. The second-order valence-electron chi connectivity index (χ2n) is 7.27. The molecule has 162 valence electrons. The van der Waals surface area contributed by atoms with Crippen LogP contribution in [0.5, 0.6) is 0 Å². The fraction of sp³-hybridized carbons (Fsp3) is 0.318. The molecule has 0 spiro atoms. The topological polar surface area (TPSA) is 83.6 Å². The van der Waals surface area contributed by atoms with E-state index in [1.807, 2.05) is 29.6 Å². The summed E-state index contributed by atoms with van der Waals surface area (Å²) < 4.78 is 5.81. The summed E-state index contributed by atoms with van der Waals surface area (Å²) in [6.45, 7) is 3.68. The van der Waals surface area contributed by atoms with Crippen molar-refractivity contribution in [1.29, 1.82) is 0 Å². The van der Waals surface area contributed by atoms with Gasteiger partial charge in [-0.15, -0.1) is 22.7 Å². The monoisotopic (exact) mass is 456 g/mol. The first kappa shape index (κ1) is 21.6. The van der Waals surface area contributed by atoms with Gasteiger partial charge in [-0.05, 0) is 17.0 Å². The molecule has 0 radical (unpaired) electrons. The van der Waals surface area contributed by atoms with E-state index in [0.717, 1.165) is 19.6 Å². The van der Waals surface area contributed by atoms with E-state index in [-0.39, 0.29) is 24.3 Å². The third-order valence-corrected chi connectivity index (χ3v) is 6.53. The van der Waals surface area contributed by atoms with E-state index in [2.05, 4.69) is 32.7 Å². The van der Waals surface area contributed by atoms with Crippen molar-refractivity contribution < 1.29 is 14.3 Å². The number of hydrogen-bond acceptors (Lipinski definition) is 7. The van der Waals surface area contributed by atoms with Crippen LogP contribution in [0, 0.1) is 0 Å². The van der Waals surface area contributed by atoms with Crippen molar-refractivity contribution in [2.45, 2.75) is 19.1 Å². The molecule has 1 atom stereocenters. The number of thiazole rings is 1. The SMILES string of the molecule is O=C(Cc1csc(NC(=O)c2cccs2)n1)NCC1CN(Cc2ccccc2)CCO1. The smallest absolute Gasteiger partial charge is 0.267 e. The zero-order valence-electron chi connectivity index (χ0n) is 17.0. The van der Waals surface area contributed by atoms with E-state index in [4.69, 9.17) is 4.74 Å². The zero-order chi connectivity index (χ0) is 21.5. The molecule has 7 nitrogen and oxygen atoms in total. The first-order valence-corrected chi connectivity index (χ1v) is 11.9. The van der Waals surface area contributed by atoms with Gasteiger partial charge in [0.05, 0.1) is 29.7 Å². The van der Waals surface area contributed by atoms with Crippen molar-refractivity contribution in [2.75, 3.05) is 31.6 Å². The quantitative estimate of drug-likeness (QED) is 0.544.